The van der Waals surface area contributed by atoms with Crippen molar-refractivity contribution in [1.82, 2.24) is 0 Å². The molecule has 3 nitrogen and oxygen atoms in total. The molecular formula is C16H18BrNO2. The molecule has 1 atom stereocenters. The fourth-order valence-electron chi connectivity index (χ4n) is 2.13. The highest BCUT2D eigenvalue weighted by atomic mass is 79.9. The van der Waals surface area contributed by atoms with Crippen molar-refractivity contribution in [2.24, 2.45) is 5.73 Å². The summed E-state index contributed by atoms with van der Waals surface area (Å²) in [6.45, 7) is 2.05. The quantitative estimate of drug-likeness (QED) is 0.923. The molecule has 1 unspecified atom stereocenters. The van der Waals surface area contributed by atoms with Gasteiger partial charge in [-0.25, -0.2) is 0 Å². The van der Waals surface area contributed by atoms with E-state index in [4.69, 9.17) is 15.2 Å². The van der Waals surface area contributed by atoms with E-state index in [1.807, 2.05) is 30.3 Å². The van der Waals surface area contributed by atoms with Gasteiger partial charge >= 0.3 is 0 Å². The molecule has 0 aliphatic heterocycles. The van der Waals surface area contributed by atoms with Gasteiger partial charge in [0.05, 0.1) is 20.3 Å². The van der Waals surface area contributed by atoms with Crippen molar-refractivity contribution in [3.05, 3.63) is 57.6 Å². The van der Waals surface area contributed by atoms with E-state index in [0.717, 1.165) is 32.7 Å². The van der Waals surface area contributed by atoms with Crippen molar-refractivity contribution in [1.29, 1.82) is 0 Å². The van der Waals surface area contributed by atoms with E-state index in [1.165, 1.54) is 0 Å². The second kappa shape index (κ2) is 6.29. The largest absolute Gasteiger partial charge is 0.497 e. The number of aryl methyl sites for hydroxylation is 1. The third kappa shape index (κ3) is 3.14. The smallest absolute Gasteiger partial charge is 0.122 e. The molecule has 0 saturated heterocycles. The standard InChI is InChI=1S/C16H18BrNO2/c1-10-4-5-12(17)8-15(10)16(18)11-6-13(19-2)9-14(7-11)20-3/h4-9,16H,18H2,1-3H3. The number of methoxy groups -OCH3 is 2. The predicted molar refractivity (Wildman–Crippen MR) is 84.5 cm³/mol. The summed E-state index contributed by atoms with van der Waals surface area (Å²) < 4.78 is 11.6. The van der Waals surface area contributed by atoms with Crippen molar-refractivity contribution < 1.29 is 9.47 Å². The fourth-order valence-corrected chi connectivity index (χ4v) is 2.51. The molecule has 0 spiro atoms. The van der Waals surface area contributed by atoms with Gasteiger partial charge in [-0.2, -0.15) is 0 Å². The highest BCUT2D eigenvalue weighted by Gasteiger charge is 2.14. The van der Waals surface area contributed by atoms with E-state index in [9.17, 15) is 0 Å². The van der Waals surface area contributed by atoms with Crippen LogP contribution in [0, 0.1) is 6.92 Å². The first-order valence-electron chi connectivity index (χ1n) is 6.29. The second-order valence-electron chi connectivity index (χ2n) is 4.62. The highest BCUT2D eigenvalue weighted by molar-refractivity contribution is 9.10. The average molecular weight is 336 g/mol. The van der Waals surface area contributed by atoms with E-state index >= 15 is 0 Å². The molecule has 20 heavy (non-hydrogen) atoms. The molecule has 0 fully saturated rings. The minimum atomic E-state index is -0.225. The maximum absolute atomic E-state index is 6.40. The van der Waals surface area contributed by atoms with Gasteiger partial charge in [-0.15, -0.1) is 0 Å². The molecule has 2 rings (SSSR count). The zero-order valence-electron chi connectivity index (χ0n) is 11.8. The molecule has 2 aromatic carbocycles. The summed E-state index contributed by atoms with van der Waals surface area (Å²) >= 11 is 3.49. The van der Waals surface area contributed by atoms with Gasteiger partial charge in [-0.1, -0.05) is 22.0 Å². The Labute approximate surface area is 127 Å². The van der Waals surface area contributed by atoms with E-state index in [-0.39, 0.29) is 6.04 Å². The topological polar surface area (TPSA) is 44.5 Å². The normalized spacial score (nSPS) is 12.1. The van der Waals surface area contributed by atoms with Crippen molar-refractivity contribution >= 4 is 15.9 Å². The van der Waals surface area contributed by atoms with Gasteiger partial charge < -0.3 is 15.2 Å². The third-order valence-corrected chi connectivity index (χ3v) is 3.80. The molecule has 0 aliphatic rings. The highest BCUT2D eigenvalue weighted by Crippen LogP contribution is 2.31. The molecule has 0 bridgehead atoms. The van der Waals surface area contributed by atoms with Crippen LogP contribution in [0.1, 0.15) is 22.7 Å². The average Bonchev–Trinajstić information content (AvgIpc) is 2.48. The molecule has 0 saturated carbocycles. The van der Waals surface area contributed by atoms with Crippen LogP contribution >= 0.6 is 15.9 Å². The zero-order valence-corrected chi connectivity index (χ0v) is 13.4. The summed E-state index contributed by atoms with van der Waals surface area (Å²) in [5, 5.41) is 0. The van der Waals surface area contributed by atoms with E-state index in [1.54, 1.807) is 14.2 Å². The Bertz CT molecular complexity index is 591. The monoisotopic (exact) mass is 335 g/mol. The number of nitrogens with two attached hydrogens (primary N) is 1. The van der Waals surface area contributed by atoms with Gasteiger partial charge in [0, 0.05) is 10.5 Å². The molecule has 4 heteroatoms. The number of hydrogen-bond acceptors (Lipinski definition) is 3. The number of rotatable bonds is 4. The van der Waals surface area contributed by atoms with Crippen LogP contribution in [0.25, 0.3) is 0 Å². The van der Waals surface area contributed by atoms with Crippen LogP contribution in [0.2, 0.25) is 0 Å². The van der Waals surface area contributed by atoms with Gasteiger partial charge in [0.15, 0.2) is 0 Å². The van der Waals surface area contributed by atoms with Crippen LogP contribution in [0.15, 0.2) is 40.9 Å². The van der Waals surface area contributed by atoms with Gasteiger partial charge in [0.1, 0.15) is 11.5 Å². The first-order chi connectivity index (χ1) is 9.55. The lowest BCUT2D eigenvalue weighted by Gasteiger charge is -2.17. The first-order valence-corrected chi connectivity index (χ1v) is 7.09. The number of benzene rings is 2. The Morgan fingerprint density at radius 2 is 1.60 bits per heavy atom. The SMILES string of the molecule is COc1cc(OC)cc(C(N)c2cc(Br)ccc2C)c1. The number of ether oxygens (including phenoxy) is 2. The van der Waals surface area contributed by atoms with Crippen LogP contribution in [-0.2, 0) is 0 Å². The summed E-state index contributed by atoms with van der Waals surface area (Å²) in [4.78, 5) is 0. The molecule has 2 aromatic rings. The van der Waals surface area contributed by atoms with Crippen LogP contribution in [0.3, 0.4) is 0 Å². The Morgan fingerprint density at radius 3 is 2.15 bits per heavy atom. The fraction of sp³-hybridized carbons (Fsp3) is 0.250. The lowest BCUT2D eigenvalue weighted by atomic mass is 9.95. The Morgan fingerprint density at radius 1 is 1.00 bits per heavy atom. The summed E-state index contributed by atoms with van der Waals surface area (Å²) in [5.74, 6) is 1.48. The van der Waals surface area contributed by atoms with Crippen LogP contribution in [-0.4, -0.2) is 14.2 Å². The Hall–Kier alpha value is -1.52. The molecule has 106 valence electrons. The second-order valence-corrected chi connectivity index (χ2v) is 5.54. The van der Waals surface area contributed by atoms with Crippen molar-refractivity contribution in [3.8, 4) is 11.5 Å². The lowest BCUT2D eigenvalue weighted by molar-refractivity contribution is 0.393. The van der Waals surface area contributed by atoms with Gasteiger partial charge in [0.25, 0.3) is 0 Å². The van der Waals surface area contributed by atoms with Crippen LogP contribution in [0.5, 0.6) is 11.5 Å². The molecule has 0 radical (unpaired) electrons. The first kappa shape index (κ1) is 14.9. The minimum absolute atomic E-state index is 0.225. The predicted octanol–water partition coefficient (Wildman–Crippen LogP) is 3.82. The lowest BCUT2D eigenvalue weighted by Crippen LogP contribution is -2.13. The Balaban J connectivity index is 2.46. The molecule has 0 amide bonds. The van der Waals surface area contributed by atoms with Crippen LogP contribution in [0.4, 0.5) is 0 Å². The molecular weight excluding hydrogens is 318 g/mol. The number of hydrogen-bond donors (Lipinski definition) is 1. The molecule has 0 aromatic heterocycles. The molecule has 2 N–H and O–H groups in total. The molecule has 0 aliphatic carbocycles. The van der Waals surface area contributed by atoms with Crippen molar-refractivity contribution in [2.75, 3.05) is 14.2 Å². The van der Waals surface area contributed by atoms with Crippen molar-refractivity contribution in [2.45, 2.75) is 13.0 Å². The van der Waals surface area contributed by atoms with Crippen molar-refractivity contribution in [3.63, 3.8) is 0 Å². The summed E-state index contributed by atoms with van der Waals surface area (Å²) in [6, 6.07) is 11.6. The Kier molecular flexibility index (Phi) is 4.68. The van der Waals surface area contributed by atoms with Gasteiger partial charge in [-0.3, -0.25) is 0 Å². The minimum Gasteiger partial charge on any atom is -0.497 e. The van der Waals surface area contributed by atoms with Crippen LogP contribution < -0.4 is 15.2 Å². The van der Waals surface area contributed by atoms with E-state index in [0.29, 0.717) is 0 Å². The van der Waals surface area contributed by atoms with Gasteiger partial charge in [-0.05, 0) is 47.9 Å². The third-order valence-electron chi connectivity index (χ3n) is 3.31. The zero-order chi connectivity index (χ0) is 14.7. The summed E-state index contributed by atoms with van der Waals surface area (Å²) in [7, 11) is 3.27. The van der Waals surface area contributed by atoms with E-state index in [2.05, 4.69) is 28.9 Å². The number of halogens is 1. The maximum atomic E-state index is 6.40. The van der Waals surface area contributed by atoms with E-state index < -0.39 is 0 Å². The van der Waals surface area contributed by atoms with Gasteiger partial charge in [0.2, 0.25) is 0 Å². The summed E-state index contributed by atoms with van der Waals surface area (Å²) in [6.07, 6.45) is 0. The maximum Gasteiger partial charge on any atom is 0.122 e. The molecule has 0 heterocycles. The summed E-state index contributed by atoms with van der Waals surface area (Å²) in [5.41, 5.74) is 9.60.